The van der Waals surface area contributed by atoms with E-state index in [9.17, 15) is 4.79 Å². The van der Waals surface area contributed by atoms with E-state index in [4.69, 9.17) is 4.74 Å². The Labute approximate surface area is 146 Å². The van der Waals surface area contributed by atoms with Crippen LogP contribution >= 0.6 is 0 Å². The number of fused-ring (bicyclic) bond motifs is 1. The maximum Gasteiger partial charge on any atom is 0.415 e. The fraction of sp³-hybridized carbons (Fsp3) is 0.476. The molecule has 0 aromatic heterocycles. The summed E-state index contributed by atoms with van der Waals surface area (Å²) in [5, 5.41) is 0. The van der Waals surface area contributed by atoms with Crippen LogP contribution in [0.5, 0.6) is 0 Å². The Morgan fingerprint density at radius 1 is 1.33 bits per heavy atom. The number of unbranched alkanes of at least 4 members (excludes halogenated alkanes) is 1. The summed E-state index contributed by atoms with van der Waals surface area (Å²) in [6.45, 7) is 11.8. The molecule has 1 heterocycles. The highest BCUT2D eigenvalue weighted by molar-refractivity contribution is 5.76. The summed E-state index contributed by atoms with van der Waals surface area (Å²) >= 11 is 0. The minimum Gasteiger partial charge on any atom is -0.443 e. The normalized spacial score (nSPS) is 17.1. The molecule has 24 heavy (non-hydrogen) atoms. The van der Waals surface area contributed by atoms with Gasteiger partial charge in [-0.3, -0.25) is 4.90 Å². The van der Waals surface area contributed by atoms with E-state index >= 15 is 0 Å². The Hall–Kier alpha value is -2.03. The van der Waals surface area contributed by atoms with E-state index in [1.54, 1.807) is 0 Å². The highest BCUT2D eigenvalue weighted by Crippen LogP contribution is 2.39. The lowest BCUT2D eigenvalue weighted by molar-refractivity contribution is 0.0230. The summed E-state index contributed by atoms with van der Waals surface area (Å²) < 4.78 is 5.69. The van der Waals surface area contributed by atoms with Crippen LogP contribution < -0.4 is 0 Å². The van der Waals surface area contributed by atoms with Crippen LogP contribution in [0.1, 0.15) is 70.5 Å². The summed E-state index contributed by atoms with van der Waals surface area (Å²) in [5.74, 6) is 0. The summed E-state index contributed by atoms with van der Waals surface area (Å²) in [6, 6.07) is 8.22. The first-order chi connectivity index (χ1) is 11.4. The first-order valence-corrected chi connectivity index (χ1v) is 8.80. The van der Waals surface area contributed by atoms with Crippen LogP contribution in [0.3, 0.4) is 0 Å². The van der Waals surface area contributed by atoms with Crippen molar-refractivity contribution in [3.8, 4) is 0 Å². The molecule has 1 amide bonds. The van der Waals surface area contributed by atoms with Gasteiger partial charge in [-0.1, -0.05) is 43.7 Å². The molecule has 0 N–H and O–H groups in total. The van der Waals surface area contributed by atoms with Gasteiger partial charge in [0, 0.05) is 5.70 Å². The van der Waals surface area contributed by atoms with Crippen LogP contribution in [0, 0.1) is 0 Å². The van der Waals surface area contributed by atoms with Crippen molar-refractivity contribution in [1.29, 1.82) is 0 Å². The van der Waals surface area contributed by atoms with E-state index in [2.05, 4.69) is 31.7 Å². The van der Waals surface area contributed by atoms with Gasteiger partial charge in [0.2, 0.25) is 0 Å². The highest BCUT2D eigenvalue weighted by atomic mass is 16.6. The zero-order valence-corrected chi connectivity index (χ0v) is 15.3. The minimum absolute atomic E-state index is 0.0505. The third-order valence-electron chi connectivity index (χ3n) is 4.06. The number of amides is 1. The van der Waals surface area contributed by atoms with Crippen LogP contribution in [0.4, 0.5) is 4.79 Å². The summed E-state index contributed by atoms with van der Waals surface area (Å²) in [4.78, 5) is 14.7. The second kappa shape index (κ2) is 7.69. The summed E-state index contributed by atoms with van der Waals surface area (Å²) in [6.07, 6.45) is 7.46. The van der Waals surface area contributed by atoms with Gasteiger partial charge in [0.25, 0.3) is 0 Å². The molecule has 3 heteroatoms. The topological polar surface area (TPSA) is 29.5 Å². The molecule has 0 fully saturated rings. The SMILES string of the molecule is C=CCC1c2ccccc2C=C(CCCC)N1C(=O)OC(C)(C)C. The van der Waals surface area contributed by atoms with Gasteiger partial charge in [-0.05, 0) is 57.2 Å². The minimum atomic E-state index is -0.511. The Balaban J connectivity index is 2.45. The van der Waals surface area contributed by atoms with Gasteiger partial charge >= 0.3 is 6.09 Å². The zero-order chi connectivity index (χ0) is 17.7. The quantitative estimate of drug-likeness (QED) is 0.613. The molecule has 0 aliphatic carbocycles. The van der Waals surface area contributed by atoms with Crippen LogP contribution in [-0.2, 0) is 4.74 Å². The average molecular weight is 327 g/mol. The lowest BCUT2D eigenvalue weighted by Crippen LogP contribution is -2.40. The van der Waals surface area contributed by atoms with E-state index in [0.29, 0.717) is 6.42 Å². The van der Waals surface area contributed by atoms with E-state index in [1.807, 2.05) is 43.9 Å². The Morgan fingerprint density at radius 2 is 2.04 bits per heavy atom. The van der Waals surface area contributed by atoms with Crippen molar-refractivity contribution in [2.24, 2.45) is 0 Å². The lowest BCUT2D eigenvalue weighted by Gasteiger charge is -2.38. The molecular weight excluding hydrogens is 298 g/mol. The molecule has 1 aromatic carbocycles. The van der Waals surface area contributed by atoms with Gasteiger partial charge in [-0.15, -0.1) is 6.58 Å². The number of allylic oxidation sites excluding steroid dienone is 1. The fourth-order valence-corrected chi connectivity index (χ4v) is 3.03. The molecule has 3 nitrogen and oxygen atoms in total. The fourth-order valence-electron chi connectivity index (χ4n) is 3.03. The Bertz CT molecular complexity index is 625. The third-order valence-corrected chi connectivity index (χ3v) is 4.06. The molecule has 0 saturated carbocycles. The van der Waals surface area contributed by atoms with Gasteiger partial charge in [-0.25, -0.2) is 4.79 Å². The van der Waals surface area contributed by atoms with Crippen molar-refractivity contribution in [3.63, 3.8) is 0 Å². The molecule has 0 spiro atoms. The van der Waals surface area contributed by atoms with Crippen LogP contribution in [0.25, 0.3) is 6.08 Å². The second-order valence-electron chi connectivity index (χ2n) is 7.26. The van der Waals surface area contributed by atoms with Crippen molar-refractivity contribution < 1.29 is 9.53 Å². The third kappa shape index (κ3) is 4.28. The standard InChI is InChI=1S/C21H29NO2/c1-6-8-13-17-15-16-12-9-10-14-18(16)19(11-7-2)22(17)20(23)24-21(3,4)5/h7,9-10,12,14-15,19H,2,6,8,11,13H2,1,3-5H3. The van der Waals surface area contributed by atoms with Crippen LogP contribution in [0.2, 0.25) is 0 Å². The molecule has 1 aliphatic heterocycles. The Morgan fingerprint density at radius 3 is 2.67 bits per heavy atom. The number of carbonyl (C=O) groups excluding carboxylic acids is 1. The largest absolute Gasteiger partial charge is 0.443 e. The van der Waals surface area contributed by atoms with Gasteiger partial charge in [-0.2, -0.15) is 0 Å². The zero-order valence-electron chi connectivity index (χ0n) is 15.3. The van der Waals surface area contributed by atoms with Gasteiger partial charge < -0.3 is 4.74 Å². The van der Waals surface area contributed by atoms with Crippen molar-refractivity contribution in [2.75, 3.05) is 0 Å². The molecule has 1 unspecified atom stereocenters. The average Bonchev–Trinajstić information content (AvgIpc) is 2.51. The van der Waals surface area contributed by atoms with Crippen molar-refractivity contribution in [2.45, 2.75) is 65.0 Å². The molecule has 2 rings (SSSR count). The number of carbonyl (C=O) groups is 1. The van der Waals surface area contributed by atoms with E-state index < -0.39 is 5.60 Å². The summed E-state index contributed by atoms with van der Waals surface area (Å²) in [5.41, 5.74) is 2.87. The number of nitrogens with zero attached hydrogens (tertiary/aromatic N) is 1. The molecule has 1 aliphatic rings. The maximum atomic E-state index is 12.9. The number of benzene rings is 1. The first kappa shape index (κ1) is 18.3. The number of rotatable bonds is 5. The van der Waals surface area contributed by atoms with E-state index in [-0.39, 0.29) is 12.1 Å². The Kier molecular flexibility index (Phi) is 5.87. The lowest BCUT2D eigenvalue weighted by atomic mass is 9.91. The molecule has 1 atom stereocenters. The molecule has 0 radical (unpaired) electrons. The maximum absolute atomic E-state index is 12.9. The number of hydrogen-bond acceptors (Lipinski definition) is 2. The summed E-state index contributed by atoms with van der Waals surface area (Å²) in [7, 11) is 0. The monoisotopic (exact) mass is 327 g/mol. The van der Waals surface area contributed by atoms with Crippen LogP contribution in [-0.4, -0.2) is 16.6 Å². The smallest absolute Gasteiger partial charge is 0.415 e. The van der Waals surface area contributed by atoms with Crippen molar-refractivity contribution >= 4 is 12.2 Å². The van der Waals surface area contributed by atoms with E-state index in [1.165, 1.54) is 5.56 Å². The number of hydrogen-bond donors (Lipinski definition) is 0. The molecule has 0 bridgehead atoms. The van der Waals surface area contributed by atoms with Crippen molar-refractivity contribution in [1.82, 2.24) is 4.90 Å². The van der Waals surface area contributed by atoms with Gasteiger partial charge in [0.1, 0.15) is 5.60 Å². The molecule has 1 aromatic rings. The molecule has 130 valence electrons. The highest BCUT2D eigenvalue weighted by Gasteiger charge is 2.34. The number of ether oxygens (including phenoxy) is 1. The van der Waals surface area contributed by atoms with Gasteiger partial charge in [0.15, 0.2) is 0 Å². The predicted molar refractivity (Wildman–Crippen MR) is 99.6 cm³/mol. The predicted octanol–water partition coefficient (Wildman–Crippen LogP) is 6.09. The molecular formula is C21H29NO2. The van der Waals surface area contributed by atoms with Crippen LogP contribution in [0.15, 0.2) is 42.6 Å². The first-order valence-electron chi connectivity index (χ1n) is 8.80. The van der Waals surface area contributed by atoms with Gasteiger partial charge in [0.05, 0.1) is 6.04 Å². The van der Waals surface area contributed by atoms with Crippen molar-refractivity contribution in [3.05, 3.63) is 53.7 Å². The molecule has 0 saturated heterocycles. The van der Waals surface area contributed by atoms with E-state index in [0.717, 1.165) is 30.5 Å². The second-order valence-corrected chi connectivity index (χ2v) is 7.26.